The van der Waals surface area contributed by atoms with Crippen LogP contribution in [0.15, 0.2) is 60.0 Å². The van der Waals surface area contributed by atoms with Crippen molar-refractivity contribution >= 4 is 29.2 Å². The maximum absolute atomic E-state index is 6.73. The fourth-order valence-electron chi connectivity index (χ4n) is 4.47. The van der Waals surface area contributed by atoms with Crippen LogP contribution in [0.25, 0.3) is 11.1 Å². The second-order valence-electron chi connectivity index (χ2n) is 11.8. The summed E-state index contributed by atoms with van der Waals surface area (Å²) >= 11 is 0. The topological polar surface area (TPSA) is 18.5 Å². The molecule has 0 amide bonds. The second-order valence-corrected chi connectivity index (χ2v) is 17.4. The highest BCUT2D eigenvalue weighted by molar-refractivity contribution is 6.54. The van der Waals surface area contributed by atoms with Gasteiger partial charge in [-0.05, 0) is 69.4 Å². The van der Waals surface area contributed by atoms with Gasteiger partial charge in [-0.15, -0.1) is 0 Å². The average Bonchev–Trinajstić information content (AvgIpc) is 3.28. The molecule has 0 atom stereocenters. The predicted octanol–water partition coefficient (Wildman–Crippen LogP) is 8.58. The summed E-state index contributed by atoms with van der Waals surface area (Å²) < 4.78 is 13.5. The minimum Gasteiger partial charge on any atom is -0.544 e. The number of fused-ring (bicyclic) bond motifs is 2. The van der Waals surface area contributed by atoms with E-state index in [1.807, 2.05) is 0 Å². The molecule has 0 fully saturated rings. The molecule has 2 aliphatic rings. The third-order valence-corrected chi connectivity index (χ3v) is 12.7. The maximum atomic E-state index is 6.73. The number of allylic oxidation sites excluding steroid dienone is 4. The van der Waals surface area contributed by atoms with Gasteiger partial charge < -0.3 is 8.85 Å². The molecule has 180 valence electrons. The maximum Gasteiger partial charge on any atom is 0.282 e. The molecule has 4 rings (SSSR count). The fourth-order valence-corrected chi connectivity index (χ4v) is 6.21. The van der Waals surface area contributed by atoms with Crippen LogP contribution in [0.3, 0.4) is 0 Å². The molecule has 2 nitrogen and oxygen atoms in total. The molecule has 2 aromatic carbocycles. The summed E-state index contributed by atoms with van der Waals surface area (Å²) in [5.74, 6) is 2.41. The Kier molecular flexibility index (Phi) is 7.03. The lowest BCUT2D eigenvalue weighted by atomic mass is 9.96. The SMILES string of the molecule is C[Si](OC1=C(CCC2=C(O[Si](C)C(C)(C)C)Cc3ccccc32)c2ccccc2C1)C(C)(C)C. The van der Waals surface area contributed by atoms with Gasteiger partial charge in [0.25, 0.3) is 18.1 Å². The van der Waals surface area contributed by atoms with E-state index in [2.05, 4.69) is 103 Å². The summed E-state index contributed by atoms with van der Waals surface area (Å²) in [5.41, 5.74) is 8.37. The normalized spacial score (nSPS) is 15.9. The van der Waals surface area contributed by atoms with Crippen LogP contribution in [-0.4, -0.2) is 18.1 Å². The van der Waals surface area contributed by atoms with Gasteiger partial charge in [-0.1, -0.05) is 90.1 Å². The molecule has 0 aliphatic heterocycles. The second kappa shape index (κ2) is 9.54. The van der Waals surface area contributed by atoms with Gasteiger partial charge in [-0.25, -0.2) is 0 Å². The van der Waals surface area contributed by atoms with E-state index in [0.29, 0.717) is 0 Å². The minimum absolute atomic E-state index is 0.206. The summed E-state index contributed by atoms with van der Waals surface area (Å²) in [6.45, 7) is 18.4. The first kappa shape index (κ1) is 25.1. The molecule has 0 saturated heterocycles. The molecule has 0 saturated carbocycles. The van der Waals surface area contributed by atoms with E-state index in [1.165, 1.54) is 44.9 Å². The lowest BCUT2D eigenvalue weighted by Gasteiger charge is -2.27. The van der Waals surface area contributed by atoms with Crippen LogP contribution >= 0.6 is 0 Å². The zero-order valence-electron chi connectivity index (χ0n) is 22.3. The van der Waals surface area contributed by atoms with Crippen LogP contribution in [0.2, 0.25) is 23.2 Å². The highest BCUT2D eigenvalue weighted by atomic mass is 28.3. The zero-order valence-corrected chi connectivity index (χ0v) is 24.3. The molecular formula is C30H40O2Si2. The first-order chi connectivity index (χ1) is 15.9. The molecule has 0 N–H and O–H groups in total. The Morgan fingerprint density at radius 1 is 0.618 bits per heavy atom. The minimum atomic E-state index is -0.955. The molecule has 0 aromatic heterocycles. The standard InChI is InChI=1S/C30H40O2Si2/c1-29(2,3)33(7)31-27-19-21-13-9-11-15-23(21)25(27)17-18-26-24-16-12-10-14-22(24)20-28(26)32-34(8)30(4,5)6/h9-16H,17-20H2,1-8H3. The van der Waals surface area contributed by atoms with Crippen molar-refractivity contribution in [1.82, 2.24) is 0 Å². The summed E-state index contributed by atoms with van der Waals surface area (Å²) in [5, 5.41) is 0.413. The van der Waals surface area contributed by atoms with Gasteiger partial charge in [0.1, 0.15) is 0 Å². The van der Waals surface area contributed by atoms with Gasteiger partial charge in [-0.2, -0.15) is 0 Å². The molecule has 4 heteroatoms. The number of hydrogen-bond donors (Lipinski definition) is 0. The van der Waals surface area contributed by atoms with E-state index in [0.717, 1.165) is 25.7 Å². The Balaban J connectivity index is 1.64. The van der Waals surface area contributed by atoms with E-state index >= 15 is 0 Å². The van der Waals surface area contributed by atoms with E-state index < -0.39 is 18.1 Å². The molecule has 0 unspecified atom stereocenters. The van der Waals surface area contributed by atoms with Crippen molar-refractivity contribution in [2.75, 3.05) is 0 Å². The molecule has 2 radical (unpaired) electrons. The van der Waals surface area contributed by atoms with Crippen LogP contribution in [0.5, 0.6) is 0 Å². The Morgan fingerprint density at radius 3 is 1.32 bits per heavy atom. The average molecular weight is 489 g/mol. The highest BCUT2D eigenvalue weighted by Gasteiger charge is 2.33. The van der Waals surface area contributed by atoms with Gasteiger partial charge in [-0.3, -0.25) is 0 Å². The summed E-state index contributed by atoms with van der Waals surface area (Å²) in [4.78, 5) is 0. The van der Waals surface area contributed by atoms with Crippen LogP contribution in [-0.2, 0) is 21.7 Å². The third kappa shape index (κ3) is 5.28. The van der Waals surface area contributed by atoms with E-state index in [1.54, 1.807) is 0 Å². The monoisotopic (exact) mass is 488 g/mol. The quantitative estimate of drug-likeness (QED) is 0.363. The Bertz CT molecular complexity index is 1030. The summed E-state index contributed by atoms with van der Waals surface area (Å²) in [7, 11) is -1.91. The van der Waals surface area contributed by atoms with Crippen molar-refractivity contribution < 1.29 is 8.85 Å². The fraction of sp³-hybridized carbons (Fsp3) is 0.467. The lowest BCUT2D eigenvalue weighted by Crippen LogP contribution is -2.25. The largest absolute Gasteiger partial charge is 0.544 e. The molecule has 0 heterocycles. The molecule has 34 heavy (non-hydrogen) atoms. The molecule has 2 aromatic rings. The van der Waals surface area contributed by atoms with Crippen LogP contribution < -0.4 is 0 Å². The van der Waals surface area contributed by atoms with E-state index in [9.17, 15) is 0 Å². The van der Waals surface area contributed by atoms with Crippen LogP contribution in [0, 0.1) is 0 Å². The molecular weight excluding hydrogens is 449 g/mol. The third-order valence-electron chi connectivity index (χ3n) is 7.35. The van der Waals surface area contributed by atoms with Gasteiger partial charge in [0.05, 0.1) is 11.5 Å². The van der Waals surface area contributed by atoms with Crippen molar-refractivity contribution in [3.05, 3.63) is 82.3 Å². The van der Waals surface area contributed by atoms with Gasteiger partial charge in [0.15, 0.2) is 0 Å². The highest BCUT2D eigenvalue weighted by Crippen LogP contribution is 2.43. The predicted molar refractivity (Wildman–Crippen MR) is 148 cm³/mol. The first-order valence-corrected chi connectivity index (χ1v) is 16.4. The first-order valence-electron chi connectivity index (χ1n) is 12.6. The summed E-state index contributed by atoms with van der Waals surface area (Å²) in [6.07, 6.45) is 3.83. The van der Waals surface area contributed by atoms with Gasteiger partial charge in [0.2, 0.25) is 0 Å². The summed E-state index contributed by atoms with van der Waals surface area (Å²) in [6, 6.07) is 17.7. The Labute approximate surface area is 210 Å². The van der Waals surface area contributed by atoms with Crippen molar-refractivity contribution in [1.29, 1.82) is 0 Å². The van der Waals surface area contributed by atoms with E-state index in [4.69, 9.17) is 8.85 Å². The van der Waals surface area contributed by atoms with Crippen molar-refractivity contribution in [2.24, 2.45) is 0 Å². The molecule has 2 aliphatic carbocycles. The Morgan fingerprint density at radius 2 is 0.971 bits per heavy atom. The van der Waals surface area contributed by atoms with E-state index in [-0.39, 0.29) is 10.1 Å². The molecule has 0 spiro atoms. The number of hydrogen-bond acceptors (Lipinski definition) is 2. The molecule has 0 bridgehead atoms. The van der Waals surface area contributed by atoms with Crippen molar-refractivity contribution in [3.8, 4) is 0 Å². The van der Waals surface area contributed by atoms with Gasteiger partial charge >= 0.3 is 0 Å². The van der Waals surface area contributed by atoms with Crippen molar-refractivity contribution in [2.45, 2.75) is 90.4 Å². The van der Waals surface area contributed by atoms with Crippen LogP contribution in [0.1, 0.15) is 76.6 Å². The van der Waals surface area contributed by atoms with Gasteiger partial charge in [0, 0.05) is 12.8 Å². The Hall–Kier alpha value is -2.05. The van der Waals surface area contributed by atoms with Crippen molar-refractivity contribution in [3.63, 3.8) is 0 Å². The smallest absolute Gasteiger partial charge is 0.282 e. The van der Waals surface area contributed by atoms with Crippen LogP contribution in [0.4, 0.5) is 0 Å². The number of rotatable bonds is 7. The number of benzene rings is 2. The lowest BCUT2D eigenvalue weighted by molar-refractivity contribution is 0.399. The zero-order chi connectivity index (χ0) is 24.7.